The molecule has 3 N–H and O–H groups in total. The molecule has 2 aliphatic heterocycles. The minimum absolute atomic E-state index is 0.0422. The fraction of sp³-hybridized carbons (Fsp3) is 0.531. The van der Waals surface area contributed by atoms with Crippen LogP contribution in [0.5, 0.6) is 0 Å². The Labute approximate surface area is 274 Å². The first-order chi connectivity index (χ1) is 22.1. The minimum Gasteiger partial charge on any atom is -0.444 e. The number of ether oxygens (including phenoxy) is 2. The number of rotatable bonds is 14. The fourth-order valence-electron chi connectivity index (χ4n) is 5.68. The molecule has 12 nitrogen and oxygen atoms in total. The fourth-order valence-corrected chi connectivity index (χ4v) is 8.32. The van der Waals surface area contributed by atoms with Gasteiger partial charge < -0.3 is 25.2 Å². The van der Waals surface area contributed by atoms with Crippen molar-refractivity contribution in [2.24, 2.45) is 5.92 Å². The quantitative estimate of drug-likeness (QED) is 0.234. The molecule has 250 valence electrons. The second-order valence-electron chi connectivity index (χ2n) is 12.3. The third kappa shape index (κ3) is 9.23. The van der Waals surface area contributed by atoms with Crippen molar-refractivity contribution >= 4 is 48.7 Å². The third-order valence-corrected chi connectivity index (χ3v) is 10.8. The summed E-state index contributed by atoms with van der Waals surface area (Å²) >= 11 is 1.21. The maximum absolute atomic E-state index is 14.1. The lowest BCUT2D eigenvalue weighted by Crippen LogP contribution is -2.51. The van der Waals surface area contributed by atoms with Gasteiger partial charge in [0.15, 0.2) is 5.13 Å². The summed E-state index contributed by atoms with van der Waals surface area (Å²) in [4.78, 5) is 32.0. The van der Waals surface area contributed by atoms with Crippen LogP contribution in [0.25, 0.3) is 10.2 Å². The van der Waals surface area contributed by atoms with Gasteiger partial charge >= 0.3 is 6.09 Å². The average molecular weight is 674 g/mol. The molecule has 46 heavy (non-hydrogen) atoms. The highest BCUT2D eigenvalue weighted by Crippen LogP contribution is 2.30. The first-order valence-corrected chi connectivity index (χ1v) is 18.0. The Bertz CT molecular complexity index is 1570. The maximum Gasteiger partial charge on any atom is 0.407 e. The van der Waals surface area contributed by atoms with Crippen LogP contribution in [-0.2, 0) is 30.7 Å². The number of sulfonamides is 1. The number of hydrogen-bond donors (Lipinski definition) is 3. The number of likely N-dealkylation sites (tertiary alicyclic amines) is 1. The van der Waals surface area contributed by atoms with E-state index in [4.69, 9.17) is 9.47 Å². The van der Waals surface area contributed by atoms with Crippen LogP contribution in [0.4, 0.5) is 9.93 Å². The lowest BCUT2D eigenvalue weighted by Gasteiger charge is -2.30. The zero-order valence-electron chi connectivity index (χ0n) is 26.3. The second-order valence-corrected chi connectivity index (χ2v) is 15.3. The van der Waals surface area contributed by atoms with Crippen molar-refractivity contribution in [3.8, 4) is 0 Å². The molecule has 2 saturated heterocycles. The first-order valence-electron chi connectivity index (χ1n) is 15.8. The number of alkyl carbamates (subject to hydrolysis) is 1. The summed E-state index contributed by atoms with van der Waals surface area (Å²) in [5.41, 5.74) is 1.45. The molecule has 0 bridgehead atoms. The Balaban J connectivity index is 1.32. The van der Waals surface area contributed by atoms with Crippen LogP contribution < -0.4 is 10.6 Å². The summed E-state index contributed by atoms with van der Waals surface area (Å²) in [7, 11) is -4.07. The molecule has 2 fully saturated rings. The number of benzene rings is 2. The number of fused-ring (bicyclic) bond motifs is 1. The first kappa shape index (κ1) is 34.2. The molecule has 14 heteroatoms. The highest BCUT2D eigenvalue weighted by molar-refractivity contribution is 7.89. The van der Waals surface area contributed by atoms with Crippen molar-refractivity contribution in [1.29, 1.82) is 0 Å². The number of aliphatic hydroxyl groups is 1. The molecule has 0 radical (unpaired) electrons. The van der Waals surface area contributed by atoms with Gasteiger partial charge in [-0.25, -0.2) is 18.2 Å². The predicted molar refractivity (Wildman–Crippen MR) is 176 cm³/mol. The highest BCUT2D eigenvalue weighted by Gasteiger charge is 2.32. The SMILES string of the molecule is CC(C)CN(C[C@@H](O)[C@H](Cc1ccccc1)NC(=O)O[C@H]1CCOC1)S(=O)(=O)c1ccc2nc(NC(=O)CN3CCCC3)sc2c1. The van der Waals surface area contributed by atoms with Crippen LogP contribution in [0.2, 0.25) is 0 Å². The standard InChI is InChI=1S/C32H43N5O7S2/c1-22(2)18-37(19-28(38)27(16-23-8-4-3-5-9-23)34-32(40)44-24-12-15-43-21-24)46(41,42)25-10-11-26-29(17-25)45-31(33-26)35-30(39)20-36-13-6-7-14-36/h3-5,8-11,17,22,24,27-28,38H,6-7,12-16,18-21H2,1-2H3,(H,34,40)(H,33,35,39)/t24-,27-,28+/m0/s1. The molecule has 2 amide bonds. The van der Waals surface area contributed by atoms with Gasteiger partial charge in [-0.3, -0.25) is 9.69 Å². The van der Waals surface area contributed by atoms with E-state index >= 15 is 0 Å². The highest BCUT2D eigenvalue weighted by atomic mass is 32.2. The van der Waals surface area contributed by atoms with E-state index in [-0.39, 0.29) is 42.3 Å². The Morgan fingerprint density at radius 1 is 1.15 bits per heavy atom. The zero-order valence-corrected chi connectivity index (χ0v) is 27.9. The lowest BCUT2D eigenvalue weighted by molar-refractivity contribution is -0.117. The van der Waals surface area contributed by atoms with E-state index in [1.54, 1.807) is 12.1 Å². The second kappa shape index (κ2) is 15.6. The normalized spacial score (nSPS) is 18.7. The van der Waals surface area contributed by atoms with E-state index in [0.29, 0.717) is 41.5 Å². The number of hydrogen-bond acceptors (Lipinski definition) is 10. The van der Waals surface area contributed by atoms with Gasteiger partial charge in [-0.2, -0.15) is 4.31 Å². The van der Waals surface area contributed by atoms with Gasteiger partial charge in [0.1, 0.15) is 6.10 Å². The molecule has 3 aromatic rings. The Morgan fingerprint density at radius 2 is 1.91 bits per heavy atom. The van der Waals surface area contributed by atoms with E-state index in [1.165, 1.54) is 21.7 Å². The Kier molecular flexibility index (Phi) is 11.6. The topological polar surface area (TPSA) is 150 Å². The van der Waals surface area contributed by atoms with Gasteiger partial charge in [-0.15, -0.1) is 0 Å². The van der Waals surface area contributed by atoms with Crippen molar-refractivity contribution in [3.05, 3.63) is 54.1 Å². The number of nitrogens with one attached hydrogen (secondary N) is 2. The molecule has 3 heterocycles. The van der Waals surface area contributed by atoms with Gasteiger partial charge in [0.25, 0.3) is 0 Å². The summed E-state index contributed by atoms with van der Waals surface area (Å²) in [6.45, 7) is 6.64. The lowest BCUT2D eigenvalue weighted by atomic mass is 10.0. The molecule has 2 aliphatic rings. The number of aliphatic hydroxyl groups excluding tert-OH is 1. The summed E-state index contributed by atoms with van der Waals surface area (Å²) in [5.74, 6) is -0.190. The Morgan fingerprint density at radius 3 is 2.61 bits per heavy atom. The maximum atomic E-state index is 14.1. The number of thiazole rings is 1. The van der Waals surface area contributed by atoms with E-state index in [1.807, 2.05) is 44.2 Å². The van der Waals surface area contributed by atoms with Crippen LogP contribution in [0.1, 0.15) is 38.7 Å². The van der Waals surface area contributed by atoms with Gasteiger partial charge in [0.2, 0.25) is 15.9 Å². The molecule has 3 atom stereocenters. The number of carbonyl (C=O) groups is 2. The minimum atomic E-state index is -4.07. The average Bonchev–Trinajstić information content (AvgIpc) is 3.79. The monoisotopic (exact) mass is 673 g/mol. The summed E-state index contributed by atoms with van der Waals surface area (Å²) in [6, 6.07) is 13.2. The molecular weight excluding hydrogens is 631 g/mol. The van der Waals surface area contributed by atoms with Crippen LogP contribution in [0, 0.1) is 5.92 Å². The van der Waals surface area contributed by atoms with Crippen molar-refractivity contribution in [3.63, 3.8) is 0 Å². The van der Waals surface area contributed by atoms with Crippen LogP contribution in [0.15, 0.2) is 53.4 Å². The molecule has 2 aromatic carbocycles. The van der Waals surface area contributed by atoms with Gasteiger partial charge in [0.05, 0.1) is 47.0 Å². The largest absolute Gasteiger partial charge is 0.444 e. The smallest absolute Gasteiger partial charge is 0.407 e. The van der Waals surface area contributed by atoms with Crippen molar-refractivity contribution < 1.29 is 32.6 Å². The summed E-state index contributed by atoms with van der Waals surface area (Å²) < 4.78 is 40.8. The van der Waals surface area contributed by atoms with Gasteiger partial charge in [0, 0.05) is 19.5 Å². The molecule has 0 saturated carbocycles. The van der Waals surface area contributed by atoms with Crippen molar-refractivity contribution in [1.82, 2.24) is 19.5 Å². The third-order valence-electron chi connectivity index (χ3n) is 8.00. The molecule has 0 aliphatic carbocycles. The van der Waals surface area contributed by atoms with E-state index in [0.717, 1.165) is 31.5 Å². The number of anilines is 1. The predicted octanol–water partition coefficient (Wildman–Crippen LogP) is 3.46. The van der Waals surface area contributed by atoms with Gasteiger partial charge in [-0.05, 0) is 62.0 Å². The van der Waals surface area contributed by atoms with E-state index < -0.39 is 28.3 Å². The summed E-state index contributed by atoms with van der Waals surface area (Å²) in [6.07, 6.45) is 0.738. The van der Waals surface area contributed by atoms with E-state index in [2.05, 4.69) is 20.5 Å². The van der Waals surface area contributed by atoms with Crippen LogP contribution in [0.3, 0.4) is 0 Å². The number of carbonyl (C=O) groups excluding carboxylic acids is 2. The van der Waals surface area contributed by atoms with E-state index in [9.17, 15) is 23.1 Å². The number of amides is 2. The van der Waals surface area contributed by atoms with Crippen LogP contribution in [-0.4, -0.2) is 104 Å². The van der Waals surface area contributed by atoms with Crippen LogP contribution >= 0.6 is 11.3 Å². The molecule has 0 spiro atoms. The molecule has 1 aromatic heterocycles. The number of aromatic nitrogens is 1. The molecule has 0 unspecified atom stereocenters. The molecule has 5 rings (SSSR count). The van der Waals surface area contributed by atoms with Crippen molar-refractivity contribution in [2.45, 2.75) is 62.7 Å². The molecular formula is C32H43N5O7S2. The number of nitrogens with zero attached hydrogens (tertiary/aromatic N) is 3. The van der Waals surface area contributed by atoms with Crippen molar-refractivity contribution in [2.75, 3.05) is 51.3 Å². The summed E-state index contributed by atoms with van der Waals surface area (Å²) in [5, 5.41) is 17.5. The zero-order chi connectivity index (χ0) is 32.7. The Hall–Kier alpha value is -3.14. The van der Waals surface area contributed by atoms with Gasteiger partial charge in [-0.1, -0.05) is 55.5 Å².